The van der Waals surface area contributed by atoms with Crippen LogP contribution in [0.15, 0.2) is 0 Å². The van der Waals surface area contributed by atoms with Crippen molar-refractivity contribution in [2.75, 3.05) is 18.5 Å². The molecule has 0 aliphatic heterocycles. The summed E-state index contributed by atoms with van der Waals surface area (Å²) in [6.45, 7) is 5.84. The lowest BCUT2D eigenvalue weighted by molar-refractivity contribution is 0.233. The molecule has 2 N–H and O–H groups in total. The fourth-order valence-corrected chi connectivity index (χ4v) is 1.08. The van der Waals surface area contributed by atoms with E-state index in [2.05, 4.69) is 20.3 Å². The number of aliphatic hydroxyl groups excluding tert-OH is 1. The third-order valence-corrected chi connectivity index (χ3v) is 1.88. The quantitative estimate of drug-likeness (QED) is 0.810. The minimum atomic E-state index is -0.534. The molecule has 0 saturated carbocycles. The van der Waals surface area contributed by atoms with Crippen LogP contribution in [-0.2, 0) is 0 Å². The van der Waals surface area contributed by atoms with Crippen LogP contribution in [0.3, 0.4) is 0 Å². The van der Waals surface area contributed by atoms with E-state index in [-0.39, 0.29) is 23.8 Å². The van der Waals surface area contributed by atoms with Crippen LogP contribution in [0.5, 0.6) is 6.01 Å². The number of aliphatic hydroxyl groups is 1. The Balaban J connectivity index is 2.87. The molecule has 6 nitrogen and oxygen atoms in total. The van der Waals surface area contributed by atoms with Gasteiger partial charge in [-0.25, -0.2) is 0 Å². The van der Waals surface area contributed by atoms with Crippen LogP contribution in [0, 0.1) is 0 Å². The Kier molecular flexibility index (Phi) is 4.26. The summed E-state index contributed by atoms with van der Waals surface area (Å²) in [7, 11) is 0. The second-order valence-corrected chi connectivity index (χ2v) is 4.15. The maximum atomic E-state index is 9.10. The van der Waals surface area contributed by atoms with Gasteiger partial charge in [0, 0.05) is 0 Å². The number of nitrogens with zero attached hydrogens (tertiary/aromatic N) is 3. The lowest BCUT2D eigenvalue weighted by Crippen LogP contribution is -2.35. The van der Waals surface area contributed by atoms with E-state index >= 15 is 0 Å². The highest BCUT2D eigenvalue weighted by molar-refractivity contribution is 6.28. The van der Waals surface area contributed by atoms with Gasteiger partial charge in [-0.15, -0.1) is 0 Å². The summed E-state index contributed by atoms with van der Waals surface area (Å²) in [5.41, 5.74) is -0.534. The number of hydrogen-bond donors (Lipinski definition) is 2. The molecule has 0 aromatic carbocycles. The van der Waals surface area contributed by atoms with Crippen LogP contribution in [0.2, 0.25) is 5.28 Å². The Morgan fingerprint density at radius 1 is 1.38 bits per heavy atom. The molecule has 0 radical (unpaired) electrons. The Morgan fingerprint density at radius 3 is 2.62 bits per heavy atom. The van der Waals surface area contributed by atoms with Gasteiger partial charge in [0.05, 0.1) is 18.8 Å². The normalized spacial score (nSPS) is 11.3. The third-order valence-electron chi connectivity index (χ3n) is 1.71. The molecule has 1 aromatic heterocycles. The summed E-state index contributed by atoms with van der Waals surface area (Å²) in [5, 5.41) is 12.1. The maximum Gasteiger partial charge on any atom is 0.322 e. The summed E-state index contributed by atoms with van der Waals surface area (Å²) in [6.07, 6.45) is 0. The van der Waals surface area contributed by atoms with Crippen LogP contribution >= 0.6 is 11.6 Å². The van der Waals surface area contributed by atoms with Gasteiger partial charge < -0.3 is 15.2 Å². The summed E-state index contributed by atoms with van der Waals surface area (Å²) in [5.74, 6) is 0.280. The highest BCUT2D eigenvalue weighted by atomic mass is 35.5. The molecule has 0 unspecified atom stereocenters. The number of ether oxygens (including phenoxy) is 1. The van der Waals surface area contributed by atoms with Gasteiger partial charge >= 0.3 is 6.01 Å². The second-order valence-electron chi connectivity index (χ2n) is 3.81. The van der Waals surface area contributed by atoms with Gasteiger partial charge in [-0.05, 0) is 32.4 Å². The predicted octanol–water partition coefficient (Wildman–Crippen LogP) is 1.11. The molecule has 1 heterocycles. The fraction of sp³-hybridized carbons (Fsp3) is 0.667. The zero-order chi connectivity index (χ0) is 12.2. The molecule has 0 atom stereocenters. The molecule has 0 amide bonds. The average Bonchev–Trinajstić information content (AvgIpc) is 2.16. The van der Waals surface area contributed by atoms with Crippen molar-refractivity contribution in [2.24, 2.45) is 0 Å². The first-order chi connectivity index (χ1) is 7.46. The Morgan fingerprint density at radius 2 is 2.06 bits per heavy atom. The molecule has 0 fully saturated rings. The molecule has 16 heavy (non-hydrogen) atoms. The third kappa shape index (κ3) is 3.79. The zero-order valence-electron chi connectivity index (χ0n) is 9.49. The molecule has 90 valence electrons. The van der Waals surface area contributed by atoms with E-state index in [0.717, 1.165) is 0 Å². The first-order valence-electron chi connectivity index (χ1n) is 4.90. The lowest BCUT2D eigenvalue weighted by Gasteiger charge is -2.23. The number of anilines is 1. The van der Waals surface area contributed by atoms with Crippen molar-refractivity contribution >= 4 is 17.5 Å². The van der Waals surface area contributed by atoms with Crippen molar-refractivity contribution < 1.29 is 9.84 Å². The largest absolute Gasteiger partial charge is 0.464 e. The standard InChI is InChI=1S/C9H15ClN4O2/c1-4-16-8-12-6(10)11-7(13-8)14-9(2,3)5-15/h15H,4-5H2,1-3H3,(H,11,12,13,14). The van der Waals surface area contributed by atoms with Crippen molar-refractivity contribution in [1.29, 1.82) is 0 Å². The van der Waals surface area contributed by atoms with Crippen LogP contribution < -0.4 is 10.1 Å². The zero-order valence-corrected chi connectivity index (χ0v) is 10.2. The van der Waals surface area contributed by atoms with Crippen molar-refractivity contribution in [2.45, 2.75) is 26.3 Å². The van der Waals surface area contributed by atoms with E-state index in [1.807, 2.05) is 20.8 Å². The van der Waals surface area contributed by atoms with E-state index in [9.17, 15) is 0 Å². The maximum absolute atomic E-state index is 9.10. The van der Waals surface area contributed by atoms with Crippen molar-refractivity contribution in [3.05, 3.63) is 5.28 Å². The van der Waals surface area contributed by atoms with E-state index < -0.39 is 5.54 Å². The monoisotopic (exact) mass is 246 g/mol. The lowest BCUT2D eigenvalue weighted by atomic mass is 10.1. The molecule has 0 spiro atoms. The Hall–Kier alpha value is -1.14. The van der Waals surface area contributed by atoms with Crippen LogP contribution in [0.4, 0.5) is 5.95 Å². The molecule has 0 aliphatic rings. The molecule has 0 aliphatic carbocycles. The minimum absolute atomic E-state index is 0.0506. The molecular formula is C9H15ClN4O2. The SMILES string of the molecule is CCOc1nc(Cl)nc(NC(C)(C)CO)n1. The Bertz CT molecular complexity index is 359. The highest BCUT2D eigenvalue weighted by Gasteiger charge is 2.18. The first kappa shape index (κ1) is 12.9. The summed E-state index contributed by atoms with van der Waals surface area (Å²) in [4.78, 5) is 11.7. The smallest absolute Gasteiger partial charge is 0.322 e. The van der Waals surface area contributed by atoms with Crippen molar-refractivity contribution in [1.82, 2.24) is 15.0 Å². The van der Waals surface area contributed by atoms with Gasteiger partial charge in [0.25, 0.3) is 0 Å². The second kappa shape index (κ2) is 5.27. The number of rotatable bonds is 5. The summed E-state index contributed by atoms with van der Waals surface area (Å²) >= 11 is 5.71. The molecule has 0 bridgehead atoms. The van der Waals surface area contributed by atoms with E-state index in [4.69, 9.17) is 21.4 Å². The fourth-order valence-electron chi connectivity index (χ4n) is 0.924. The topological polar surface area (TPSA) is 80.2 Å². The summed E-state index contributed by atoms with van der Waals surface area (Å²) < 4.78 is 5.13. The Labute approximate surface area is 99.0 Å². The van der Waals surface area contributed by atoms with Gasteiger partial charge in [-0.1, -0.05) is 0 Å². The molecule has 1 rings (SSSR count). The number of nitrogens with one attached hydrogen (secondary N) is 1. The van der Waals surface area contributed by atoms with Gasteiger partial charge in [-0.2, -0.15) is 15.0 Å². The van der Waals surface area contributed by atoms with Crippen LogP contribution in [-0.4, -0.2) is 38.8 Å². The van der Waals surface area contributed by atoms with Crippen molar-refractivity contribution in [3.8, 4) is 6.01 Å². The van der Waals surface area contributed by atoms with Gasteiger partial charge in [-0.3, -0.25) is 0 Å². The number of hydrogen-bond acceptors (Lipinski definition) is 6. The number of aromatic nitrogens is 3. The first-order valence-corrected chi connectivity index (χ1v) is 5.28. The van der Waals surface area contributed by atoms with Gasteiger partial charge in [0.15, 0.2) is 0 Å². The predicted molar refractivity (Wildman–Crippen MR) is 60.8 cm³/mol. The van der Waals surface area contributed by atoms with Crippen molar-refractivity contribution in [3.63, 3.8) is 0 Å². The average molecular weight is 247 g/mol. The number of halogens is 1. The van der Waals surface area contributed by atoms with Crippen LogP contribution in [0.1, 0.15) is 20.8 Å². The van der Waals surface area contributed by atoms with E-state index in [1.54, 1.807) is 0 Å². The molecular weight excluding hydrogens is 232 g/mol. The van der Waals surface area contributed by atoms with E-state index in [1.165, 1.54) is 0 Å². The highest BCUT2D eigenvalue weighted by Crippen LogP contribution is 2.15. The van der Waals surface area contributed by atoms with E-state index in [0.29, 0.717) is 6.61 Å². The molecule has 0 saturated heterocycles. The summed E-state index contributed by atoms with van der Waals surface area (Å²) in [6, 6.07) is 0.165. The minimum Gasteiger partial charge on any atom is -0.464 e. The molecule has 1 aromatic rings. The van der Waals surface area contributed by atoms with Crippen LogP contribution in [0.25, 0.3) is 0 Å². The molecule has 7 heteroatoms. The van der Waals surface area contributed by atoms with Gasteiger partial charge in [0.2, 0.25) is 11.2 Å². The van der Waals surface area contributed by atoms with Gasteiger partial charge in [0.1, 0.15) is 0 Å².